The molecular weight excluding hydrogens is 200 g/mol. The van der Waals surface area contributed by atoms with Gasteiger partial charge in [0.2, 0.25) is 11.7 Å². The second-order valence-electron chi connectivity index (χ2n) is 3.10. The van der Waals surface area contributed by atoms with Crippen molar-refractivity contribution in [2.45, 2.75) is 13.8 Å². The van der Waals surface area contributed by atoms with Crippen LogP contribution in [0.4, 0.5) is 0 Å². The Morgan fingerprint density at radius 2 is 2.07 bits per heavy atom. The van der Waals surface area contributed by atoms with E-state index in [0.29, 0.717) is 16.7 Å². The number of halogens is 1. The van der Waals surface area contributed by atoms with Crippen molar-refractivity contribution in [3.63, 3.8) is 0 Å². The van der Waals surface area contributed by atoms with Gasteiger partial charge in [0.15, 0.2) is 0 Å². The van der Waals surface area contributed by atoms with E-state index in [1.807, 2.05) is 25.1 Å². The second-order valence-corrected chi connectivity index (χ2v) is 3.53. The fourth-order valence-electron chi connectivity index (χ4n) is 1.24. The van der Waals surface area contributed by atoms with Crippen LogP contribution in [0.25, 0.3) is 11.4 Å². The molecule has 1 heterocycles. The predicted octanol–water partition coefficient (Wildman–Crippen LogP) is 3.01. The molecule has 0 N–H and O–H groups in total. The molecule has 0 amide bonds. The van der Waals surface area contributed by atoms with Crippen LogP contribution in [-0.4, -0.2) is 10.1 Å². The van der Waals surface area contributed by atoms with Crippen molar-refractivity contribution in [3.8, 4) is 11.4 Å². The SMILES string of the molecule is Cc1nc(-c2cc(Cl)ccc2C)no1. The van der Waals surface area contributed by atoms with Crippen LogP contribution in [0.5, 0.6) is 0 Å². The molecule has 0 bridgehead atoms. The topological polar surface area (TPSA) is 38.9 Å². The average Bonchev–Trinajstić information content (AvgIpc) is 2.56. The normalized spacial score (nSPS) is 10.5. The monoisotopic (exact) mass is 208 g/mol. The van der Waals surface area contributed by atoms with Crippen molar-refractivity contribution in [1.29, 1.82) is 0 Å². The van der Waals surface area contributed by atoms with Crippen LogP contribution in [0.2, 0.25) is 5.02 Å². The minimum atomic E-state index is 0.555. The predicted molar refractivity (Wildman–Crippen MR) is 54.2 cm³/mol. The molecule has 14 heavy (non-hydrogen) atoms. The zero-order chi connectivity index (χ0) is 10.1. The van der Waals surface area contributed by atoms with Gasteiger partial charge in [-0.15, -0.1) is 0 Å². The minimum absolute atomic E-state index is 0.555. The van der Waals surface area contributed by atoms with E-state index in [1.54, 1.807) is 6.92 Å². The summed E-state index contributed by atoms with van der Waals surface area (Å²) >= 11 is 5.89. The van der Waals surface area contributed by atoms with E-state index in [2.05, 4.69) is 10.1 Å². The lowest BCUT2D eigenvalue weighted by atomic mass is 10.1. The Labute approximate surface area is 86.7 Å². The number of aryl methyl sites for hydroxylation is 2. The first-order valence-corrected chi connectivity index (χ1v) is 4.61. The molecule has 0 spiro atoms. The van der Waals surface area contributed by atoms with Crippen molar-refractivity contribution < 1.29 is 4.52 Å². The molecule has 4 heteroatoms. The zero-order valence-corrected chi connectivity index (χ0v) is 8.67. The molecule has 0 aliphatic carbocycles. The van der Waals surface area contributed by atoms with Crippen LogP contribution in [0.3, 0.4) is 0 Å². The Kier molecular flexibility index (Phi) is 2.25. The van der Waals surface area contributed by atoms with Crippen LogP contribution >= 0.6 is 11.6 Å². The van der Waals surface area contributed by atoms with Crippen LogP contribution < -0.4 is 0 Å². The molecule has 0 aliphatic heterocycles. The summed E-state index contributed by atoms with van der Waals surface area (Å²) < 4.78 is 4.91. The van der Waals surface area contributed by atoms with E-state index in [4.69, 9.17) is 16.1 Å². The van der Waals surface area contributed by atoms with Gasteiger partial charge in [-0.25, -0.2) is 0 Å². The molecule has 0 saturated heterocycles. The number of hydrogen-bond acceptors (Lipinski definition) is 3. The Hall–Kier alpha value is -1.35. The summed E-state index contributed by atoms with van der Waals surface area (Å²) in [4.78, 5) is 4.15. The Balaban J connectivity index is 2.55. The molecule has 1 aromatic heterocycles. The van der Waals surface area contributed by atoms with Gasteiger partial charge in [0, 0.05) is 17.5 Å². The molecule has 72 valence electrons. The summed E-state index contributed by atoms with van der Waals surface area (Å²) in [6, 6.07) is 5.61. The number of hydrogen-bond donors (Lipinski definition) is 0. The van der Waals surface area contributed by atoms with Crippen molar-refractivity contribution in [2.75, 3.05) is 0 Å². The minimum Gasteiger partial charge on any atom is -0.339 e. The van der Waals surface area contributed by atoms with Gasteiger partial charge >= 0.3 is 0 Å². The third-order valence-electron chi connectivity index (χ3n) is 1.97. The van der Waals surface area contributed by atoms with E-state index in [9.17, 15) is 0 Å². The van der Waals surface area contributed by atoms with Crippen molar-refractivity contribution in [2.24, 2.45) is 0 Å². The maximum Gasteiger partial charge on any atom is 0.223 e. The fourth-order valence-corrected chi connectivity index (χ4v) is 1.42. The van der Waals surface area contributed by atoms with Crippen molar-refractivity contribution in [1.82, 2.24) is 10.1 Å². The molecule has 2 aromatic rings. The number of aromatic nitrogens is 2. The molecule has 0 unspecified atom stereocenters. The van der Waals surface area contributed by atoms with Gasteiger partial charge in [0.1, 0.15) is 0 Å². The molecule has 0 fully saturated rings. The third-order valence-corrected chi connectivity index (χ3v) is 2.20. The van der Waals surface area contributed by atoms with E-state index in [-0.39, 0.29) is 0 Å². The summed E-state index contributed by atoms with van der Waals surface area (Å²) in [6.45, 7) is 3.74. The fraction of sp³-hybridized carbons (Fsp3) is 0.200. The van der Waals surface area contributed by atoms with Gasteiger partial charge in [-0.2, -0.15) is 4.98 Å². The van der Waals surface area contributed by atoms with E-state index >= 15 is 0 Å². The van der Waals surface area contributed by atoms with Crippen molar-refractivity contribution in [3.05, 3.63) is 34.7 Å². The van der Waals surface area contributed by atoms with Gasteiger partial charge < -0.3 is 4.52 Å². The quantitative estimate of drug-likeness (QED) is 0.723. The van der Waals surface area contributed by atoms with Crippen LogP contribution in [0, 0.1) is 13.8 Å². The molecule has 0 saturated carbocycles. The zero-order valence-electron chi connectivity index (χ0n) is 7.91. The van der Waals surface area contributed by atoms with Gasteiger partial charge in [0.05, 0.1) is 0 Å². The highest BCUT2D eigenvalue weighted by atomic mass is 35.5. The maximum absolute atomic E-state index is 5.89. The Morgan fingerprint density at radius 3 is 2.71 bits per heavy atom. The molecule has 0 atom stereocenters. The summed E-state index contributed by atoms with van der Waals surface area (Å²) in [7, 11) is 0. The first-order valence-electron chi connectivity index (χ1n) is 4.23. The van der Waals surface area contributed by atoms with Crippen LogP contribution in [0.15, 0.2) is 22.7 Å². The lowest BCUT2D eigenvalue weighted by molar-refractivity contribution is 0.394. The van der Waals surface area contributed by atoms with E-state index in [0.717, 1.165) is 11.1 Å². The van der Waals surface area contributed by atoms with E-state index < -0.39 is 0 Å². The van der Waals surface area contributed by atoms with Gasteiger partial charge in [-0.1, -0.05) is 22.8 Å². The summed E-state index contributed by atoms with van der Waals surface area (Å²) in [5.74, 6) is 1.14. The average molecular weight is 209 g/mol. The molecule has 1 aromatic carbocycles. The van der Waals surface area contributed by atoms with Crippen LogP contribution in [0.1, 0.15) is 11.5 Å². The molecule has 2 rings (SSSR count). The van der Waals surface area contributed by atoms with Gasteiger partial charge in [-0.05, 0) is 24.6 Å². The second kappa shape index (κ2) is 3.42. The standard InChI is InChI=1S/C10H9ClN2O/c1-6-3-4-8(11)5-9(6)10-12-7(2)14-13-10/h3-5H,1-2H3. The smallest absolute Gasteiger partial charge is 0.223 e. The van der Waals surface area contributed by atoms with E-state index in [1.165, 1.54) is 0 Å². The summed E-state index contributed by atoms with van der Waals surface area (Å²) in [5.41, 5.74) is 1.99. The summed E-state index contributed by atoms with van der Waals surface area (Å²) in [6.07, 6.45) is 0. The summed E-state index contributed by atoms with van der Waals surface area (Å²) in [5, 5.41) is 4.52. The lowest BCUT2D eigenvalue weighted by Gasteiger charge is -2.00. The third kappa shape index (κ3) is 1.63. The Morgan fingerprint density at radius 1 is 1.29 bits per heavy atom. The molecule has 3 nitrogen and oxygen atoms in total. The largest absolute Gasteiger partial charge is 0.339 e. The number of nitrogens with zero attached hydrogens (tertiary/aromatic N) is 2. The van der Waals surface area contributed by atoms with Gasteiger partial charge in [0.25, 0.3) is 0 Å². The number of benzene rings is 1. The highest BCUT2D eigenvalue weighted by Crippen LogP contribution is 2.23. The molecule has 0 radical (unpaired) electrons. The first-order chi connectivity index (χ1) is 6.66. The maximum atomic E-state index is 5.89. The van der Waals surface area contributed by atoms with Crippen LogP contribution in [-0.2, 0) is 0 Å². The van der Waals surface area contributed by atoms with Crippen molar-refractivity contribution >= 4 is 11.6 Å². The molecular formula is C10H9ClN2O. The molecule has 0 aliphatic rings. The first kappa shape index (κ1) is 9.21. The lowest BCUT2D eigenvalue weighted by Crippen LogP contribution is -1.85. The number of rotatable bonds is 1. The highest BCUT2D eigenvalue weighted by molar-refractivity contribution is 6.30. The Bertz CT molecular complexity index is 465. The van der Waals surface area contributed by atoms with Gasteiger partial charge in [-0.3, -0.25) is 0 Å². The highest BCUT2D eigenvalue weighted by Gasteiger charge is 2.08.